The number of rotatable bonds is 4. The van der Waals surface area contributed by atoms with Crippen molar-refractivity contribution in [2.45, 2.75) is 32.6 Å². The Morgan fingerprint density at radius 1 is 1.06 bits per heavy atom. The first-order valence-corrected chi connectivity index (χ1v) is 6.92. The van der Waals surface area contributed by atoms with Crippen LogP contribution in [0.3, 0.4) is 0 Å². The molecule has 1 aromatic heterocycles. The van der Waals surface area contributed by atoms with E-state index in [1.165, 1.54) is 42.7 Å². The summed E-state index contributed by atoms with van der Waals surface area (Å²) in [5, 5.41) is 1.28. The van der Waals surface area contributed by atoms with Gasteiger partial charge in [-0.2, -0.15) is 0 Å². The molecule has 0 amide bonds. The molecule has 1 N–H and O–H groups in total. The van der Waals surface area contributed by atoms with Gasteiger partial charge in [0.2, 0.25) is 0 Å². The summed E-state index contributed by atoms with van der Waals surface area (Å²) in [5.41, 5.74) is 1.21. The Kier molecular flexibility index (Phi) is 6.92. The lowest BCUT2D eigenvalue weighted by atomic mass is 10.2. The van der Waals surface area contributed by atoms with Crippen LogP contribution in [-0.2, 0) is 0 Å². The minimum Gasteiger partial charge on any atom is -0.361 e. The number of H-pyrrole nitrogens is 1. The number of benzene rings is 1. The maximum absolute atomic E-state index is 3.12. The number of nitrogens with one attached hydrogen (secondary N) is 1. The van der Waals surface area contributed by atoms with E-state index in [1.54, 1.807) is 0 Å². The van der Waals surface area contributed by atoms with Crippen LogP contribution < -0.4 is 0 Å². The summed E-state index contributed by atoms with van der Waals surface area (Å²) in [4.78, 5) is 3.12. The van der Waals surface area contributed by atoms with E-state index in [1.807, 2.05) is 18.3 Å². The van der Waals surface area contributed by atoms with Gasteiger partial charge >= 0.3 is 0 Å². The normalized spacial score (nSPS) is 9.88. The van der Waals surface area contributed by atoms with Gasteiger partial charge in [0.25, 0.3) is 0 Å². The zero-order valence-corrected chi connectivity index (χ0v) is 11.2. The van der Waals surface area contributed by atoms with Gasteiger partial charge in [-0.05, 0) is 30.1 Å². The molecule has 0 fully saturated rings. The highest BCUT2D eigenvalue weighted by molar-refractivity contribution is 7.16. The van der Waals surface area contributed by atoms with Crippen molar-refractivity contribution in [1.82, 2.24) is 4.98 Å². The van der Waals surface area contributed by atoms with Gasteiger partial charge in [-0.1, -0.05) is 44.4 Å². The fraction of sp³-hybridized carbons (Fsp3) is 0.429. The molecule has 0 radical (unpaired) electrons. The number of para-hydroxylation sites is 1. The standard InChI is InChI=1S/C8H7N.C6H15P/c1-2-4-8-7(3-1)5-6-9-8;1-2-3-4-5-6-7/h1-6,9H;2-7H2,1H3. The number of aromatic amines is 1. The molecule has 0 saturated heterocycles. The number of fused-ring (bicyclic) bond motifs is 1. The number of aromatic nitrogens is 1. The third-order valence-corrected chi connectivity index (χ3v) is 2.93. The second-order valence-electron chi connectivity index (χ2n) is 3.91. The molecule has 88 valence electrons. The van der Waals surface area contributed by atoms with E-state index < -0.39 is 0 Å². The minimum absolute atomic E-state index is 1.21. The van der Waals surface area contributed by atoms with Gasteiger partial charge in [0.1, 0.15) is 0 Å². The summed E-state index contributed by atoms with van der Waals surface area (Å²) < 4.78 is 0. The Balaban J connectivity index is 0.000000168. The number of hydrogen-bond acceptors (Lipinski definition) is 0. The largest absolute Gasteiger partial charge is 0.361 e. The Hall–Kier alpha value is -0.810. The summed E-state index contributed by atoms with van der Waals surface area (Å²) >= 11 is 0. The lowest BCUT2D eigenvalue weighted by Gasteiger charge is -1.90. The van der Waals surface area contributed by atoms with Gasteiger partial charge in [-0.25, -0.2) is 0 Å². The molecule has 0 spiro atoms. The van der Waals surface area contributed by atoms with Crippen LogP contribution in [-0.4, -0.2) is 11.1 Å². The highest BCUT2D eigenvalue weighted by atomic mass is 31.0. The molecular formula is C14H22NP. The van der Waals surface area contributed by atoms with Crippen molar-refractivity contribution in [3.63, 3.8) is 0 Å². The molecule has 2 aromatic rings. The summed E-state index contributed by atoms with van der Waals surface area (Å²) in [6.07, 6.45) is 8.79. The first-order chi connectivity index (χ1) is 7.88. The average molecular weight is 235 g/mol. The molecule has 16 heavy (non-hydrogen) atoms. The second-order valence-corrected chi connectivity index (χ2v) is 4.49. The van der Waals surface area contributed by atoms with Crippen molar-refractivity contribution in [2.24, 2.45) is 0 Å². The van der Waals surface area contributed by atoms with Gasteiger partial charge in [0, 0.05) is 11.7 Å². The van der Waals surface area contributed by atoms with Crippen molar-refractivity contribution in [2.75, 3.05) is 6.16 Å². The van der Waals surface area contributed by atoms with Crippen LogP contribution in [0.25, 0.3) is 10.9 Å². The van der Waals surface area contributed by atoms with Gasteiger partial charge < -0.3 is 4.98 Å². The molecule has 2 rings (SSSR count). The molecule has 1 aromatic carbocycles. The third-order valence-electron chi connectivity index (χ3n) is 2.52. The van der Waals surface area contributed by atoms with Crippen molar-refractivity contribution < 1.29 is 0 Å². The maximum atomic E-state index is 3.12. The molecule has 0 aliphatic rings. The summed E-state index contributed by atoms with van der Waals surface area (Å²) in [5.74, 6) is 0. The van der Waals surface area contributed by atoms with Crippen LogP contribution in [0.1, 0.15) is 32.6 Å². The number of hydrogen-bond donors (Lipinski definition) is 1. The molecular weight excluding hydrogens is 213 g/mol. The highest BCUT2D eigenvalue weighted by Gasteiger charge is 1.86. The van der Waals surface area contributed by atoms with Gasteiger partial charge in [0.05, 0.1) is 0 Å². The van der Waals surface area contributed by atoms with Crippen molar-refractivity contribution >= 4 is 20.1 Å². The maximum Gasteiger partial charge on any atom is 0.0453 e. The lowest BCUT2D eigenvalue weighted by Crippen LogP contribution is -1.73. The molecule has 0 bridgehead atoms. The quantitative estimate of drug-likeness (QED) is 0.588. The first-order valence-electron chi connectivity index (χ1n) is 6.10. The highest BCUT2D eigenvalue weighted by Crippen LogP contribution is 2.09. The van der Waals surface area contributed by atoms with Gasteiger partial charge in [-0.3, -0.25) is 0 Å². The van der Waals surface area contributed by atoms with Crippen LogP contribution in [0.5, 0.6) is 0 Å². The predicted octanol–water partition coefficient (Wildman–Crippen LogP) is 4.61. The van der Waals surface area contributed by atoms with E-state index in [0.29, 0.717) is 0 Å². The zero-order valence-electron chi connectivity index (χ0n) is 10.1. The Bertz CT molecular complexity index is 347. The van der Waals surface area contributed by atoms with Crippen LogP contribution in [0, 0.1) is 0 Å². The van der Waals surface area contributed by atoms with Crippen LogP contribution in [0.4, 0.5) is 0 Å². The Labute approximate surface area is 101 Å². The van der Waals surface area contributed by atoms with Crippen LogP contribution in [0.15, 0.2) is 36.5 Å². The average Bonchev–Trinajstić information content (AvgIpc) is 2.78. The molecule has 1 nitrogen and oxygen atoms in total. The third kappa shape index (κ3) is 4.81. The molecule has 0 aliphatic carbocycles. The first kappa shape index (κ1) is 13.3. The second kappa shape index (κ2) is 8.35. The van der Waals surface area contributed by atoms with E-state index in [-0.39, 0.29) is 0 Å². The van der Waals surface area contributed by atoms with E-state index in [4.69, 9.17) is 0 Å². The SMILES string of the molecule is CCCCCCP.c1ccc2[nH]ccc2c1. The van der Waals surface area contributed by atoms with E-state index in [9.17, 15) is 0 Å². The molecule has 0 aliphatic heterocycles. The van der Waals surface area contributed by atoms with Crippen molar-refractivity contribution in [3.05, 3.63) is 36.5 Å². The summed E-state index contributed by atoms with van der Waals surface area (Å²) in [7, 11) is 2.75. The smallest absolute Gasteiger partial charge is 0.0453 e. The molecule has 1 unspecified atom stereocenters. The van der Waals surface area contributed by atoms with Crippen LogP contribution in [0.2, 0.25) is 0 Å². The molecule has 1 atom stereocenters. The van der Waals surface area contributed by atoms with Crippen molar-refractivity contribution in [3.8, 4) is 0 Å². The fourth-order valence-corrected chi connectivity index (χ4v) is 1.85. The zero-order chi connectivity index (χ0) is 11.6. The minimum atomic E-state index is 1.21. The molecule has 2 heteroatoms. The summed E-state index contributed by atoms with van der Waals surface area (Å²) in [6, 6.07) is 10.3. The monoisotopic (exact) mass is 235 g/mol. The Morgan fingerprint density at radius 3 is 2.56 bits per heavy atom. The molecule has 0 saturated carbocycles. The lowest BCUT2D eigenvalue weighted by molar-refractivity contribution is 0.706. The number of unbranched alkanes of at least 4 members (excludes halogenated alkanes) is 3. The predicted molar refractivity (Wildman–Crippen MR) is 77.0 cm³/mol. The topological polar surface area (TPSA) is 15.8 Å². The fourth-order valence-electron chi connectivity index (χ4n) is 1.57. The Morgan fingerprint density at radius 2 is 1.88 bits per heavy atom. The van der Waals surface area contributed by atoms with Crippen LogP contribution >= 0.6 is 9.24 Å². The van der Waals surface area contributed by atoms with E-state index in [2.05, 4.69) is 39.3 Å². The van der Waals surface area contributed by atoms with E-state index in [0.717, 1.165) is 0 Å². The van der Waals surface area contributed by atoms with Crippen molar-refractivity contribution in [1.29, 1.82) is 0 Å². The van der Waals surface area contributed by atoms with Gasteiger partial charge in [0.15, 0.2) is 0 Å². The summed E-state index contributed by atoms with van der Waals surface area (Å²) in [6.45, 7) is 2.24. The van der Waals surface area contributed by atoms with Gasteiger partial charge in [-0.15, -0.1) is 9.24 Å². The van der Waals surface area contributed by atoms with E-state index >= 15 is 0 Å². The molecule has 1 heterocycles.